The Bertz CT molecular complexity index is 489. The molecule has 0 fully saturated rings. The summed E-state index contributed by atoms with van der Waals surface area (Å²) in [6.45, 7) is 5.03. The molecule has 9 heteroatoms. The smallest absolute Gasteiger partial charge is 0.350 e. The molecule has 7 nitrogen and oxygen atoms in total. The highest BCUT2D eigenvalue weighted by Crippen LogP contribution is 2.43. The van der Waals surface area contributed by atoms with Crippen molar-refractivity contribution >= 4 is 25.5 Å². The highest BCUT2D eigenvalue weighted by atomic mass is 32.2. The fraction of sp³-hybridized carbons (Fsp3) is 0.952. The Balaban J connectivity index is 4.47. The second-order valence-electron chi connectivity index (χ2n) is 8.82. The fourth-order valence-corrected chi connectivity index (χ4v) is 4.45. The Morgan fingerprint density at radius 1 is 1.03 bits per heavy atom. The van der Waals surface area contributed by atoms with E-state index in [0.717, 1.165) is 37.9 Å². The maximum absolute atomic E-state index is 12.3. The molecule has 0 aliphatic heterocycles. The number of phosphoric acid groups is 1. The Hall–Kier alpha value is -0.110. The van der Waals surface area contributed by atoms with E-state index >= 15 is 0 Å². The summed E-state index contributed by atoms with van der Waals surface area (Å²) < 4.78 is 23.1. The van der Waals surface area contributed by atoms with E-state index in [4.69, 9.17) is 9.05 Å². The number of amides is 1. The molecule has 0 aliphatic carbocycles. The molecule has 0 aromatic rings. The number of rotatable bonds is 20. The lowest BCUT2D eigenvalue weighted by molar-refractivity contribution is -0.870. The minimum absolute atomic E-state index is 0.0231. The van der Waals surface area contributed by atoms with Gasteiger partial charge in [0.05, 0.1) is 33.8 Å². The van der Waals surface area contributed by atoms with E-state index in [9.17, 15) is 14.3 Å². The van der Waals surface area contributed by atoms with E-state index in [-0.39, 0.29) is 25.2 Å². The minimum atomic E-state index is -4.13. The summed E-state index contributed by atoms with van der Waals surface area (Å²) in [6, 6.07) is -0.303. The first kappa shape index (κ1) is 29.9. The van der Waals surface area contributed by atoms with Crippen molar-refractivity contribution in [2.75, 3.05) is 52.4 Å². The van der Waals surface area contributed by atoms with E-state index < -0.39 is 7.82 Å². The number of phosphoric ester groups is 1. The van der Waals surface area contributed by atoms with E-state index in [2.05, 4.69) is 19.2 Å². The normalized spacial score (nSPS) is 15.0. The van der Waals surface area contributed by atoms with Gasteiger partial charge >= 0.3 is 7.82 Å². The van der Waals surface area contributed by atoms with Crippen LogP contribution in [0.4, 0.5) is 0 Å². The Morgan fingerprint density at radius 3 is 2.27 bits per heavy atom. The summed E-state index contributed by atoms with van der Waals surface area (Å²) in [6.07, 6.45) is 9.44. The predicted octanol–water partition coefficient (Wildman–Crippen LogP) is 4.59. The van der Waals surface area contributed by atoms with Crippen molar-refractivity contribution < 1.29 is 27.8 Å². The molecule has 0 saturated carbocycles. The zero-order chi connectivity index (χ0) is 22.9. The van der Waals surface area contributed by atoms with Crippen LogP contribution in [0.15, 0.2) is 0 Å². The first-order valence-electron chi connectivity index (χ1n) is 11.4. The third kappa shape index (κ3) is 19.8. The molecule has 0 heterocycles. The lowest BCUT2D eigenvalue weighted by atomic mass is 10.1. The molecule has 1 unspecified atom stereocenters. The summed E-state index contributed by atoms with van der Waals surface area (Å²) >= 11 is 1.75. The molecule has 0 aromatic heterocycles. The van der Waals surface area contributed by atoms with Gasteiger partial charge in [-0.15, -0.1) is 0 Å². The van der Waals surface area contributed by atoms with Gasteiger partial charge in [-0.3, -0.25) is 13.8 Å². The lowest BCUT2D eigenvalue weighted by Crippen LogP contribution is -2.40. The van der Waals surface area contributed by atoms with Crippen molar-refractivity contribution in [2.45, 2.75) is 77.7 Å². The Morgan fingerprint density at radius 2 is 1.67 bits per heavy atom. The number of carbonyl (C=O) groups is 1. The number of thioether (sulfide) groups is 1. The number of nitrogens with one attached hydrogen (secondary N) is 1. The van der Waals surface area contributed by atoms with Crippen LogP contribution in [-0.2, 0) is 18.4 Å². The molecule has 1 amide bonds. The zero-order valence-electron chi connectivity index (χ0n) is 19.9. The van der Waals surface area contributed by atoms with E-state index in [1.54, 1.807) is 11.8 Å². The molecule has 180 valence electrons. The van der Waals surface area contributed by atoms with Gasteiger partial charge in [-0.05, 0) is 18.6 Å². The number of hydrogen-bond donors (Lipinski definition) is 2. The van der Waals surface area contributed by atoms with Crippen molar-refractivity contribution in [1.29, 1.82) is 0 Å². The zero-order valence-corrected chi connectivity index (χ0v) is 21.6. The highest BCUT2D eigenvalue weighted by molar-refractivity contribution is 7.99. The fourth-order valence-electron chi connectivity index (χ4n) is 2.65. The molecule has 0 aliphatic rings. The number of carbonyl (C=O) groups excluding carboxylic acids is 1. The summed E-state index contributed by atoms with van der Waals surface area (Å²) in [5.41, 5.74) is 0. The standard InChI is InChI=1S/C21H45N2O5PS/c1-6-8-10-12-14-21(24)22-20(19-30-17-13-11-9-7-2)18-28-29(25,26)27-16-15-23(3,4)5/h20H,6-19H2,1-5H3,(H-,22,24,25,26)/p+1/t20-/m0/s1. The minimum Gasteiger partial charge on any atom is -0.350 e. The van der Waals surface area contributed by atoms with Crippen molar-refractivity contribution in [2.24, 2.45) is 0 Å². The van der Waals surface area contributed by atoms with Crippen LogP contribution >= 0.6 is 19.6 Å². The third-order valence-corrected chi connectivity index (χ3v) is 6.74. The van der Waals surface area contributed by atoms with Gasteiger partial charge in [-0.25, -0.2) is 4.57 Å². The second kappa shape index (κ2) is 17.4. The average molecular weight is 470 g/mol. The van der Waals surface area contributed by atoms with Gasteiger partial charge in [0.25, 0.3) is 0 Å². The number of nitrogens with zero attached hydrogens (tertiary/aromatic N) is 1. The first-order valence-corrected chi connectivity index (χ1v) is 14.0. The highest BCUT2D eigenvalue weighted by Gasteiger charge is 2.25. The van der Waals surface area contributed by atoms with Crippen LogP contribution in [0.5, 0.6) is 0 Å². The van der Waals surface area contributed by atoms with Crippen LogP contribution in [0.3, 0.4) is 0 Å². The molecule has 0 aromatic carbocycles. The molecule has 0 rings (SSSR count). The van der Waals surface area contributed by atoms with Crippen LogP contribution in [0.1, 0.15) is 71.6 Å². The molecule has 0 spiro atoms. The van der Waals surface area contributed by atoms with E-state index in [1.165, 1.54) is 19.3 Å². The maximum Gasteiger partial charge on any atom is 0.472 e. The van der Waals surface area contributed by atoms with Gasteiger partial charge in [0.15, 0.2) is 0 Å². The molecular weight excluding hydrogens is 423 g/mol. The van der Waals surface area contributed by atoms with Gasteiger partial charge in [0.2, 0.25) is 5.91 Å². The SMILES string of the molecule is CCCCCCSC[C@H](COP(=O)(O)OCC[N+](C)(C)C)NC(=O)CCCCCC. The van der Waals surface area contributed by atoms with Crippen molar-refractivity contribution in [3.63, 3.8) is 0 Å². The molecule has 30 heavy (non-hydrogen) atoms. The van der Waals surface area contributed by atoms with Crippen molar-refractivity contribution in [3.8, 4) is 0 Å². The van der Waals surface area contributed by atoms with Crippen LogP contribution in [0.2, 0.25) is 0 Å². The molecule has 0 saturated heterocycles. The summed E-state index contributed by atoms with van der Waals surface area (Å²) in [4.78, 5) is 22.2. The number of unbranched alkanes of at least 4 members (excludes halogenated alkanes) is 6. The number of hydrogen-bond acceptors (Lipinski definition) is 5. The van der Waals surface area contributed by atoms with Gasteiger partial charge in [-0.2, -0.15) is 11.8 Å². The second-order valence-corrected chi connectivity index (χ2v) is 11.4. The largest absolute Gasteiger partial charge is 0.472 e. The molecule has 2 atom stereocenters. The molecule has 0 radical (unpaired) electrons. The van der Waals surface area contributed by atoms with E-state index in [1.807, 2.05) is 21.1 Å². The Labute approximate surface area is 188 Å². The Kier molecular flexibility index (Phi) is 17.4. The maximum atomic E-state index is 12.3. The van der Waals surface area contributed by atoms with Gasteiger partial charge in [0, 0.05) is 12.2 Å². The average Bonchev–Trinajstić information content (AvgIpc) is 2.64. The topological polar surface area (TPSA) is 84.9 Å². The van der Waals surface area contributed by atoms with Crippen LogP contribution in [-0.4, -0.2) is 73.7 Å². The molecular formula is C21H46N2O5PS+. The van der Waals surface area contributed by atoms with Gasteiger partial charge in [-0.1, -0.05) is 52.4 Å². The van der Waals surface area contributed by atoms with Crippen LogP contribution < -0.4 is 5.32 Å². The molecule has 2 N–H and O–H groups in total. The van der Waals surface area contributed by atoms with Crippen LogP contribution in [0.25, 0.3) is 0 Å². The number of likely N-dealkylation sites (N-methyl/N-ethyl adjacent to an activating group) is 1. The molecule has 0 bridgehead atoms. The summed E-state index contributed by atoms with van der Waals surface area (Å²) in [7, 11) is 1.82. The third-order valence-electron chi connectivity index (χ3n) is 4.54. The summed E-state index contributed by atoms with van der Waals surface area (Å²) in [5.74, 6) is 1.65. The van der Waals surface area contributed by atoms with Crippen LogP contribution in [0, 0.1) is 0 Å². The first-order chi connectivity index (χ1) is 14.1. The quantitative estimate of drug-likeness (QED) is 0.154. The monoisotopic (exact) mass is 469 g/mol. The number of quaternary nitrogens is 1. The van der Waals surface area contributed by atoms with Gasteiger partial charge < -0.3 is 14.7 Å². The van der Waals surface area contributed by atoms with E-state index in [0.29, 0.717) is 23.2 Å². The lowest BCUT2D eigenvalue weighted by Gasteiger charge is -2.24. The predicted molar refractivity (Wildman–Crippen MR) is 127 cm³/mol. The van der Waals surface area contributed by atoms with Crippen molar-refractivity contribution in [3.05, 3.63) is 0 Å². The van der Waals surface area contributed by atoms with Crippen molar-refractivity contribution in [1.82, 2.24) is 5.32 Å². The summed E-state index contributed by atoms with van der Waals surface area (Å²) in [5, 5.41) is 2.97. The van der Waals surface area contributed by atoms with Gasteiger partial charge in [0.1, 0.15) is 13.2 Å².